The zero-order valence-corrected chi connectivity index (χ0v) is 16.9. The van der Waals surface area contributed by atoms with Crippen LogP contribution in [-0.4, -0.2) is 42.0 Å². The Morgan fingerprint density at radius 1 is 0.903 bits per heavy atom. The summed E-state index contributed by atoms with van der Waals surface area (Å²) in [4.78, 5) is 53.6. The minimum Gasteiger partial charge on any atom is -0.481 e. The van der Waals surface area contributed by atoms with E-state index >= 15 is 0 Å². The van der Waals surface area contributed by atoms with Crippen LogP contribution in [0.1, 0.15) is 17.5 Å². The van der Waals surface area contributed by atoms with Gasteiger partial charge in [-0.25, -0.2) is 10.3 Å². The van der Waals surface area contributed by atoms with Gasteiger partial charge in [-0.05, 0) is 17.5 Å². The van der Waals surface area contributed by atoms with Crippen LogP contribution in [0.3, 0.4) is 0 Å². The number of carbonyl (C=O) groups excluding carboxylic acids is 3. The predicted octanol–water partition coefficient (Wildman–Crippen LogP) is 1.23. The minimum absolute atomic E-state index is 0.0220. The number of hydrogen-bond acceptors (Lipinski definition) is 6. The van der Waals surface area contributed by atoms with Crippen molar-refractivity contribution in [1.29, 1.82) is 0 Å². The molecule has 2 rings (SSSR count). The number of ether oxygens (including phenoxy) is 1. The highest BCUT2D eigenvalue weighted by Gasteiger charge is 2.32. The molecule has 0 saturated carbocycles. The van der Waals surface area contributed by atoms with Crippen LogP contribution < -0.4 is 10.8 Å². The van der Waals surface area contributed by atoms with Crippen molar-refractivity contribution in [2.45, 2.75) is 25.5 Å². The van der Waals surface area contributed by atoms with Gasteiger partial charge in [0.2, 0.25) is 5.91 Å². The molecule has 3 N–H and O–H groups in total. The third-order valence-electron chi connectivity index (χ3n) is 4.35. The molecule has 0 spiro atoms. The van der Waals surface area contributed by atoms with Crippen LogP contribution in [0.4, 0.5) is 0 Å². The van der Waals surface area contributed by atoms with Gasteiger partial charge in [0.15, 0.2) is 0 Å². The Hall–Kier alpha value is -3.72. The molecule has 0 saturated heterocycles. The van der Waals surface area contributed by atoms with Gasteiger partial charge in [0, 0.05) is 0 Å². The van der Waals surface area contributed by atoms with Gasteiger partial charge in [-0.2, -0.15) is 0 Å². The Labute approximate surface area is 179 Å². The molecule has 31 heavy (non-hydrogen) atoms. The Morgan fingerprint density at radius 2 is 1.48 bits per heavy atom. The molecule has 0 aliphatic carbocycles. The normalized spacial score (nSPS) is 12.3. The number of amides is 2. The molecule has 0 fully saturated rings. The monoisotopic (exact) mass is 428 g/mol. The molecule has 0 aromatic heterocycles. The van der Waals surface area contributed by atoms with E-state index in [9.17, 15) is 19.2 Å². The van der Waals surface area contributed by atoms with E-state index in [1.54, 1.807) is 30.3 Å². The quantitative estimate of drug-likeness (QED) is 0.279. The summed E-state index contributed by atoms with van der Waals surface area (Å²) in [7, 11) is 1.08. The summed E-state index contributed by atoms with van der Waals surface area (Å²) in [6.45, 7) is 0.0933. The lowest BCUT2D eigenvalue weighted by Gasteiger charge is -2.20. The number of nitrogens with one attached hydrogen (secondary N) is 2. The van der Waals surface area contributed by atoms with Crippen molar-refractivity contribution in [1.82, 2.24) is 10.8 Å². The Balaban J connectivity index is 2.10. The first-order chi connectivity index (χ1) is 14.9. The highest BCUT2D eigenvalue weighted by Crippen LogP contribution is 2.11. The molecule has 2 aromatic carbocycles. The summed E-state index contributed by atoms with van der Waals surface area (Å²) in [5.74, 6) is -5.03. The van der Waals surface area contributed by atoms with Crippen LogP contribution in [0.5, 0.6) is 0 Å². The first-order valence-corrected chi connectivity index (χ1v) is 9.50. The van der Waals surface area contributed by atoms with E-state index in [1.165, 1.54) is 0 Å². The molecule has 9 heteroatoms. The maximum atomic E-state index is 12.8. The summed E-state index contributed by atoms with van der Waals surface area (Å²) >= 11 is 0. The van der Waals surface area contributed by atoms with Gasteiger partial charge in [-0.15, -0.1) is 0 Å². The van der Waals surface area contributed by atoms with E-state index in [2.05, 4.69) is 15.5 Å². The molecule has 0 bridgehead atoms. The largest absolute Gasteiger partial charge is 0.481 e. The molecule has 1 unspecified atom stereocenters. The van der Waals surface area contributed by atoms with E-state index in [4.69, 9.17) is 9.94 Å². The van der Waals surface area contributed by atoms with Crippen LogP contribution in [0.25, 0.3) is 0 Å². The lowest BCUT2D eigenvalue weighted by molar-refractivity contribution is -0.151. The number of carbonyl (C=O) groups is 4. The van der Waals surface area contributed by atoms with Crippen molar-refractivity contribution in [3.05, 3.63) is 71.8 Å². The number of hydrogen-bond donors (Lipinski definition) is 3. The van der Waals surface area contributed by atoms with Gasteiger partial charge in [0.05, 0.1) is 20.1 Å². The van der Waals surface area contributed by atoms with E-state index in [-0.39, 0.29) is 13.0 Å². The van der Waals surface area contributed by atoms with Crippen molar-refractivity contribution < 1.29 is 33.9 Å². The maximum absolute atomic E-state index is 12.8. The van der Waals surface area contributed by atoms with Gasteiger partial charge < -0.3 is 15.2 Å². The molecular weight excluding hydrogens is 404 g/mol. The van der Waals surface area contributed by atoms with Crippen molar-refractivity contribution in [2.75, 3.05) is 7.11 Å². The Kier molecular flexibility index (Phi) is 9.18. The minimum atomic E-state index is -1.42. The van der Waals surface area contributed by atoms with Gasteiger partial charge >= 0.3 is 11.9 Å². The molecule has 9 nitrogen and oxygen atoms in total. The zero-order valence-electron chi connectivity index (χ0n) is 16.9. The second-order valence-corrected chi connectivity index (χ2v) is 6.67. The van der Waals surface area contributed by atoms with Gasteiger partial charge in [0.25, 0.3) is 5.91 Å². The number of carboxylic acids is 1. The first-order valence-electron chi connectivity index (χ1n) is 9.50. The number of hydroxylamine groups is 1. The molecule has 0 aliphatic heterocycles. The highest BCUT2D eigenvalue weighted by atomic mass is 16.6. The zero-order chi connectivity index (χ0) is 22.6. The highest BCUT2D eigenvalue weighted by molar-refractivity contribution is 6.01. The third kappa shape index (κ3) is 7.90. The fourth-order valence-corrected chi connectivity index (χ4v) is 2.77. The average Bonchev–Trinajstić information content (AvgIpc) is 2.77. The summed E-state index contributed by atoms with van der Waals surface area (Å²) < 4.78 is 4.54. The summed E-state index contributed by atoms with van der Waals surface area (Å²) in [5, 5.41) is 11.3. The fraction of sp³-hybridized carbons (Fsp3) is 0.273. The molecule has 0 aliphatic rings. The molecule has 0 heterocycles. The van der Waals surface area contributed by atoms with Crippen molar-refractivity contribution in [3.63, 3.8) is 0 Å². The topological polar surface area (TPSA) is 131 Å². The summed E-state index contributed by atoms with van der Waals surface area (Å²) in [5.41, 5.74) is 3.78. The van der Waals surface area contributed by atoms with Crippen LogP contribution in [-0.2, 0) is 41.8 Å². The number of aliphatic carboxylic acids is 1. The summed E-state index contributed by atoms with van der Waals surface area (Å²) in [6.07, 6.45) is -0.656. The number of rotatable bonds is 11. The van der Waals surface area contributed by atoms with Crippen molar-refractivity contribution in [3.8, 4) is 0 Å². The average molecular weight is 428 g/mol. The molecular formula is C22H24N2O7. The van der Waals surface area contributed by atoms with Crippen LogP contribution in [0, 0.1) is 5.92 Å². The number of methoxy groups -OCH3 is 1. The van der Waals surface area contributed by atoms with Crippen LogP contribution in [0.2, 0.25) is 0 Å². The van der Waals surface area contributed by atoms with E-state index < -0.39 is 42.1 Å². The first kappa shape index (κ1) is 23.6. The molecule has 164 valence electrons. The van der Waals surface area contributed by atoms with E-state index in [0.717, 1.165) is 12.7 Å². The van der Waals surface area contributed by atoms with Crippen LogP contribution >= 0.6 is 0 Å². The van der Waals surface area contributed by atoms with E-state index in [1.807, 2.05) is 30.3 Å². The second-order valence-electron chi connectivity index (χ2n) is 6.67. The number of benzene rings is 2. The van der Waals surface area contributed by atoms with Crippen molar-refractivity contribution in [2.24, 2.45) is 5.92 Å². The number of carboxylic acid groups (broad SMARTS) is 1. The van der Waals surface area contributed by atoms with E-state index in [0.29, 0.717) is 5.56 Å². The standard InChI is InChI=1S/C22H24N2O7/c1-30-22(29)18(13-19(25)26)23-20(27)17(12-15-8-4-2-5-9-15)21(28)24-31-14-16-10-6-3-7-11-16/h2-11,17-18H,12-14H2,1H3,(H,23,27)(H,24,28)(H,25,26)/t17?,18-/m1/s1. The fourth-order valence-electron chi connectivity index (χ4n) is 2.77. The second kappa shape index (κ2) is 12.1. The van der Waals surface area contributed by atoms with Crippen LogP contribution in [0.15, 0.2) is 60.7 Å². The lowest BCUT2D eigenvalue weighted by atomic mass is 9.97. The van der Waals surface area contributed by atoms with Gasteiger partial charge in [-0.1, -0.05) is 60.7 Å². The van der Waals surface area contributed by atoms with Gasteiger partial charge in [0.1, 0.15) is 12.0 Å². The maximum Gasteiger partial charge on any atom is 0.328 e. The molecule has 2 amide bonds. The molecule has 2 atom stereocenters. The van der Waals surface area contributed by atoms with Crippen molar-refractivity contribution >= 4 is 23.8 Å². The predicted molar refractivity (Wildman–Crippen MR) is 109 cm³/mol. The smallest absolute Gasteiger partial charge is 0.328 e. The number of esters is 1. The van der Waals surface area contributed by atoms with Gasteiger partial charge in [-0.3, -0.25) is 19.2 Å². The SMILES string of the molecule is COC(=O)[C@@H](CC(=O)O)NC(=O)C(Cc1ccccc1)C(=O)NOCc1ccccc1. The molecule has 2 aromatic rings. The lowest BCUT2D eigenvalue weighted by Crippen LogP contribution is -2.49. The Bertz CT molecular complexity index is 887. The third-order valence-corrected chi connectivity index (χ3v) is 4.35. The molecule has 0 radical (unpaired) electrons. The Morgan fingerprint density at radius 3 is 2.03 bits per heavy atom. The summed E-state index contributed by atoms with van der Waals surface area (Å²) in [6, 6.07) is 16.5.